The molecule has 8 nitrogen and oxygen atoms in total. The lowest BCUT2D eigenvalue weighted by atomic mass is 10.3. The van der Waals surface area contributed by atoms with E-state index in [1.54, 1.807) is 18.1 Å². The van der Waals surface area contributed by atoms with Crippen LogP contribution in [0.3, 0.4) is 0 Å². The highest BCUT2D eigenvalue weighted by Gasteiger charge is 2.10. The number of carboxylic acid groups (broad SMARTS) is 1. The number of aryl methyl sites for hydroxylation is 1. The maximum Gasteiger partial charge on any atom is 0.358 e. The molecule has 0 aliphatic heterocycles. The van der Waals surface area contributed by atoms with Gasteiger partial charge in [0, 0.05) is 13.1 Å². The molecule has 0 radical (unpaired) electrons. The second-order valence-corrected chi connectivity index (χ2v) is 3.42. The van der Waals surface area contributed by atoms with Crippen molar-refractivity contribution in [3.05, 3.63) is 29.7 Å². The highest BCUT2D eigenvalue weighted by atomic mass is 16.5. The minimum Gasteiger partial charge on any atom is -0.476 e. The SMILES string of the molecule is Cn1cnc(CNCc2cc(C(=O)O)no2)n1. The van der Waals surface area contributed by atoms with Gasteiger partial charge in [0.25, 0.3) is 0 Å². The summed E-state index contributed by atoms with van der Waals surface area (Å²) >= 11 is 0. The predicted molar refractivity (Wildman–Crippen MR) is 55.0 cm³/mol. The smallest absolute Gasteiger partial charge is 0.358 e. The number of aromatic carboxylic acids is 1. The van der Waals surface area contributed by atoms with E-state index >= 15 is 0 Å². The van der Waals surface area contributed by atoms with Gasteiger partial charge in [-0.3, -0.25) is 4.68 Å². The van der Waals surface area contributed by atoms with Gasteiger partial charge < -0.3 is 14.9 Å². The molecule has 90 valence electrons. The number of nitrogens with zero attached hydrogens (tertiary/aromatic N) is 4. The Bertz CT molecular complexity index is 518. The highest BCUT2D eigenvalue weighted by molar-refractivity contribution is 5.85. The molecule has 0 aromatic carbocycles. The molecule has 2 rings (SSSR count). The van der Waals surface area contributed by atoms with Crippen LogP contribution in [0.2, 0.25) is 0 Å². The molecular weight excluding hydrogens is 226 g/mol. The maximum atomic E-state index is 10.5. The van der Waals surface area contributed by atoms with Gasteiger partial charge in [-0.05, 0) is 0 Å². The molecule has 0 bridgehead atoms. The van der Waals surface area contributed by atoms with Gasteiger partial charge in [-0.25, -0.2) is 9.78 Å². The van der Waals surface area contributed by atoms with E-state index in [0.717, 1.165) is 0 Å². The van der Waals surface area contributed by atoms with Gasteiger partial charge in [0.05, 0.1) is 13.1 Å². The molecular formula is C9H11N5O3. The van der Waals surface area contributed by atoms with Crippen LogP contribution in [0.5, 0.6) is 0 Å². The summed E-state index contributed by atoms with van der Waals surface area (Å²) < 4.78 is 6.43. The Labute approximate surface area is 96.2 Å². The second kappa shape index (κ2) is 4.74. The normalized spacial score (nSPS) is 10.6. The third kappa shape index (κ3) is 2.88. The molecule has 0 aliphatic rings. The quantitative estimate of drug-likeness (QED) is 0.741. The monoisotopic (exact) mass is 237 g/mol. The zero-order valence-electron chi connectivity index (χ0n) is 9.12. The van der Waals surface area contributed by atoms with Crippen molar-refractivity contribution < 1.29 is 14.4 Å². The fourth-order valence-electron chi connectivity index (χ4n) is 1.26. The Morgan fingerprint density at radius 2 is 2.41 bits per heavy atom. The summed E-state index contributed by atoms with van der Waals surface area (Å²) in [5.74, 6) is 0.00944. The van der Waals surface area contributed by atoms with Gasteiger partial charge in [-0.15, -0.1) is 0 Å². The van der Waals surface area contributed by atoms with Crippen molar-refractivity contribution in [3.8, 4) is 0 Å². The molecule has 0 fully saturated rings. The third-order valence-electron chi connectivity index (χ3n) is 2.01. The summed E-state index contributed by atoms with van der Waals surface area (Å²) in [5, 5.41) is 19.1. The molecule has 2 heterocycles. The summed E-state index contributed by atoms with van der Waals surface area (Å²) in [5.41, 5.74) is -0.0993. The van der Waals surface area contributed by atoms with Crippen LogP contribution in [0.25, 0.3) is 0 Å². The van der Waals surface area contributed by atoms with Crippen LogP contribution in [0.1, 0.15) is 22.1 Å². The van der Waals surface area contributed by atoms with E-state index in [1.807, 2.05) is 0 Å². The lowest BCUT2D eigenvalue weighted by molar-refractivity contribution is 0.0685. The Kier molecular flexibility index (Phi) is 3.15. The Hall–Kier alpha value is -2.22. The standard InChI is InChI=1S/C9H11N5O3/c1-14-5-11-8(12-14)4-10-3-6-2-7(9(15)16)13-17-6/h2,5,10H,3-4H2,1H3,(H,15,16). The lowest BCUT2D eigenvalue weighted by Gasteiger charge is -1.96. The predicted octanol–water partition coefficient (Wildman–Crippen LogP) is -0.209. The van der Waals surface area contributed by atoms with Crippen molar-refractivity contribution in [2.24, 2.45) is 7.05 Å². The van der Waals surface area contributed by atoms with Gasteiger partial charge in [0.1, 0.15) is 6.33 Å². The first-order valence-electron chi connectivity index (χ1n) is 4.89. The van der Waals surface area contributed by atoms with E-state index in [1.165, 1.54) is 6.07 Å². The van der Waals surface area contributed by atoms with E-state index in [-0.39, 0.29) is 5.69 Å². The molecule has 8 heteroatoms. The number of aromatic nitrogens is 4. The molecule has 17 heavy (non-hydrogen) atoms. The first kappa shape index (κ1) is 11.3. The number of rotatable bonds is 5. The molecule has 0 unspecified atom stereocenters. The molecule has 0 atom stereocenters. The van der Waals surface area contributed by atoms with E-state index in [0.29, 0.717) is 24.7 Å². The Balaban J connectivity index is 1.83. The van der Waals surface area contributed by atoms with Crippen LogP contribution in [0.15, 0.2) is 16.9 Å². The second-order valence-electron chi connectivity index (χ2n) is 3.42. The van der Waals surface area contributed by atoms with Crippen LogP contribution < -0.4 is 5.32 Å². The summed E-state index contributed by atoms with van der Waals surface area (Å²) in [6.07, 6.45) is 1.61. The summed E-state index contributed by atoms with van der Waals surface area (Å²) in [7, 11) is 1.78. The summed E-state index contributed by atoms with van der Waals surface area (Å²) in [4.78, 5) is 14.6. The topological polar surface area (TPSA) is 106 Å². The molecule has 0 spiro atoms. The maximum absolute atomic E-state index is 10.5. The Morgan fingerprint density at radius 1 is 1.59 bits per heavy atom. The van der Waals surface area contributed by atoms with Crippen molar-refractivity contribution in [2.75, 3.05) is 0 Å². The molecule has 0 aliphatic carbocycles. The average molecular weight is 237 g/mol. The average Bonchev–Trinajstić information content (AvgIpc) is 2.88. The first-order chi connectivity index (χ1) is 8.15. The van der Waals surface area contributed by atoms with Gasteiger partial charge in [-0.1, -0.05) is 5.16 Å². The summed E-state index contributed by atoms with van der Waals surface area (Å²) in [6.45, 7) is 0.850. The number of carbonyl (C=O) groups is 1. The highest BCUT2D eigenvalue weighted by Crippen LogP contribution is 2.03. The van der Waals surface area contributed by atoms with Crippen molar-refractivity contribution in [1.82, 2.24) is 25.2 Å². The van der Waals surface area contributed by atoms with Crippen LogP contribution in [-0.2, 0) is 20.1 Å². The lowest BCUT2D eigenvalue weighted by Crippen LogP contribution is -2.13. The van der Waals surface area contributed by atoms with Crippen LogP contribution in [0, 0.1) is 0 Å². The number of hydrogen-bond donors (Lipinski definition) is 2. The van der Waals surface area contributed by atoms with E-state index in [2.05, 4.69) is 20.6 Å². The fraction of sp³-hybridized carbons (Fsp3) is 0.333. The zero-order chi connectivity index (χ0) is 12.3. The van der Waals surface area contributed by atoms with Crippen LogP contribution in [-0.4, -0.2) is 31.0 Å². The van der Waals surface area contributed by atoms with Crippen molar-refractivity contribution in [1.29, 1.82) is 0 Å². The molecule has 0 amide bonds. The van der Waals surface area contributed by atoms with Crippen LogP contribution >= 0.6 is 0 Å². The molecule has 2 aromatic rings. The molecule has 2 N–H and O–H groups in total. The fourth-order valence-corrected chi connectivity index (χ4v) is 1.26. The Morgan fingerprint density at radius 3 is 3.00 bits per heavy atom. The molecule has 0 saturated carbocycles. The summed E-state index contributed by atoms with van der Waals surface area (Å²) in [6, 6.07) is 1.38. The van der Waals surface area contributed by atoms with E-state index < -0.39 is 5.97 Å². The number of hydrogen-bond acceptors (Lipinski definition) is 6. The van der Waals surface area contributed by atoms with Gasteiger partial charge in [-0.2, -0.15) is 5.10 Å². The number of nitrogens with one attached hydrogen (secondary N) is 1. The zero-order valence-corrected chi connectivity index (χ0v) is 9.12. The van der Waals surface area contributed by atoms with Crippen molar-refractivity contribution in [2.45, 2.75) is 13.1 Å². The molecule has 0 saturated heterocycles. The van der Waals surface area contributed by atoms with Gasteiger partial charge in [0.2, 0.25) is 0 Å². The first-order valence-corrected chi connectivity index (χ1v) is 4.89. The van der Waals surface area contributed by atoms with Gasteiger partial charge in [0.15, 0.2) is 17.3 Å². The van der Waals surface area contributed by atoms with Crippen molar-refractivity contribution in [3.63, 3.8) is 0 Å². The van der Waals surface area contributed by atoms with E-state index in [9.17, 15) is 4.79 Å². The van der Waals surface area contributed by atoms with Crippen LogP contribution in [0.4, 0.5) is 0 Å². The largest absolute Gasteiger partial charge is 0.476 e. The minimum absolute atomic E-state index is 0.0993. The van der Waals surface area contributed by atoms with Crippen molar-refractivity contribution >= 4 is 5.97 Å². The third-order valence-corrected chi connectivity index (χ3v) is 2.01. The molecule has 2 aromatic heterocycles. The van der Waals surface area contributed by atoms with Gasteiger partial charge >= 0.3 is 5.97 Å². The minimum atomic E-state index is -1.11. The van der Waals surface area contributed by atoms with E-state index in [4.69, 9.17) is 9.63 Å². The number of carboxylic acids is 1.